The van der Waals surface area contributed by atoms with Gasteiger partial charge in [-0.1, -0.05) is 6.08 Å². The molecule has 4 nitrogen and oxygen atoms in total. The van der Waals surface area contributed by atoms with Gasteiger partial charge in [0.05, 0.1) is 7.11 Å². The summed E-state index contributed by atoms with van der Waals surface area (Å²) in [6, 6.07) is 0. The SMILES string of the molecule is COC(=O)C=CCN[C]=O. The van der Waals surface area contributed by atoms with Gasteiger partial charge in [0, 0.05) is 12.6 Å². The van der Waals surface area contributed by atoms with E-state index in [4.69, 9.17) is 0 Å². The summed E-state index contributed by atoms with van der Waals surface area (Å²) in [4.78, 5) is 19.9. The maximum atomic E-state index is 10.3. The van der Waals surface area contributed by atoms with Gasteiger partial charge in [0.15, 0.2) is 0 Å². The highest BCUT2D eigenvalue weighted by molar-refractivity contribution is 5.81. The quantitative estimate of drug-likeness (QED) is 0.246. The maximum Gasteiger partial charge on any atom is 0.330 e. The predicted molar refractivity (Wildman–Crippen MR) is 34.9 cm³/mol. The normalized spacial score (nSPS) is 9.30. The Morgan fingerprint density at radius 3 is 3.00 bits per heavy atom. The summed E-state index contributed by atoms with van der Waals surface area (Å²) >= 11 is 0. The molecular weight excluding hydrogens is 134 g/mol. The molecule has 0 aliphatic heterocycles. The highest BCUT2D eigenvalue weighted by Crippen LogP contribution is 1.75. The smallest absolute Gasteiger partial charge is 0.330 e. The molecule has 0 aliphatic carbocycles. The number of rotatable bonds is 4. The number of hydrogen-bond donors (Lipinski definition) is 1. The summed E-state index contributed by atoms with van der Waals surface area (Å²) in [6.45, 7) is 0.290. The lowest BCUT2D eigenvalue weighted by molar-refractivity contribution is -0.134. The molecule has 1 radical (unpaired) electrons. The molecule has 0 aromatic heterocycles. The van der Waals surface area contributed by atoms with Gasteiger partial charge in [-0.25, -0.2) is 4.79 Å². The molecule has 0 aromatic rings. The van der Waals surface area contributed by atoms with Crippen LogP contribution >= 0.6 is 0 Å². The third-order valence-electron chi connectivity index (χ3n) is 0.747. The first-order chi connectivity index (χ1) is 4.81. The van der Waals surface area contributed by atoms with Crippen molar-refractivity contribution in [3.05, 3.63) is 12.2 Å². The molecule has 0 aromatic carbocycles. The van der Waals surface area contributed by atoms with E-state index in [1.165, 1.54) is 25.7 Å². The topological polar surface area (TPSA) is 55.4 Å². The first kappa shape index (κ1) is 8.68. The van der Waals surface area contributed by atoms with E-state index >= 15 is 0 Å². The lowest BCUT2D eigenvalue weighted by atomic mass is 10.5. The molecule has 0 bridgehead atoms. The Kier molecular flexibility index (Phi) is 5.04. The first-order valence-corrected chi connectivity index (χ1v) is 2.65. The van der Waals surface area contributed by atoms with Crippen molar-refractivity contribution in [2.45, 2.75) is 0 Å². The van der Waals surface area contributed by atoms with Gasteiger partial charge in [0.2, 0.25) is 0 Å². The van der Waals surface area contributed by atoms with Crippen molar-refractivity contribution in [2.75, 3.05) is 13.7 Å². The van der Waals surface area contributed by atoms with Gasteiger partial charge in [0.1, 0.15) is 0 Å². The van der Waals surface area contributed by atoms with E-state index in [1.54, 1.807) is 0 Å². The molecule has 1 N–H and O–H groups in total. The lowest BCUT2D eigenvalue weighted by Crippen LogP contribution is -2.09. The van der Waals surface area contributed by atoms with Gasteiger partial charge in [-0.2, -0.15) is 0 Å². The van der Waals surface area contributed by atoms with Crippen LogP contribution in [0.5, 0.6) is 0 Å². The van der Waals surface area contributed by atoms with Crippen molar-refractivity contribution in [3.8, 4) is 0 Å². The zero-order valence-corrected chi connectivity index (χ0v) is 5.59. The van der Waals surface area contributed by atoms with E-state index in [1.807, 2.05) is 0 Å². The molecule has 0 saturated carbocycles. The zero-order valence-electron chi connectivity index (χ0n) is 5.59. The Balaban J connectivity index is 3.35. The summed E-state index contributed by atoms with van der Waals surface area (Å²) in [5, 5.41) is 2.23. The predicted octanol–water partition coefficient (Wildman–Crippen LogP) is -0.628. The number of ether oxygens (including phenoxy) is 1. The van der Waals surface area contributed by atoms with Gasteiger partial charge in [-0.15, -0.1) is 0 Å². The largest absolute Gasteiger partial charge is 0.466 e. The van der Waals surface area contributed by atoms with E-state index < -0.39 is 5.97 Å². The first-order valence-electron chi connectivity index (χ1n) is 2.65. The number of nitrogens with one attached hydrogen (secondary N) is 1. The lowest BCUT2D eigenvalue weighted by Gasteiger charge is -1.88. The molecule has 0 aliphatic rings. The molecule has 10 heavy (non-hydrogen) atoms. The van der Waals surface area contributed by atoms with Crippen molar-refractivity contribution in [2.24, 2.45) is 0 Å². The van der Waals surface area contributed by atoms with Gasteiger partial charge in [-0.05, 0) is 0 Å². The van der Waals surface area contributed by atoms with Gasteiger partial charge in [-0.3, -0.25) is 4.79 Å². The van der Waals surface area contributed by atoms with Gasteiger partial charge >= 0.3 is 12.4 Å². The van der Waals surface area contributed by atoms with Crippen LogP contribution in [0.15, 0.2) is 12.2 Å². The Morgan fingerprint density at radius 1 is 1.80 bits per heavy atom. The Morgan fingerprint density at radius 2 is 2.50 bits per heavy atom. The average Bonchev–Trinajstić information content (AvgIpc) is 1.98. The number of carbonyl (C=O) groups is 1. The van der Waals surface area contributed by atoms with Crippen molar-refractivity contribution < 1.29 is 14.3 Å². The fourth-order valence-corrected chi connectivity index (χ4v) is 0.324. The third-order valence-corrected chi connectivity index (χ3v) is 0.747. The average molecular weight is 142 g/mol. The maximum absolute atomic E-state index is 10.3. The summed E-state index contributed by atoms with van der Waals surface area (Å²) in [5.74, 6) is -0.437. The summed E-state index contributed by atoms with van der Waals surface area (Å²) in [6.07, 6.45) is 4.15. The molecule has 0 atom stereocenters. The third kappa shape index (κ3) is 4.83. The zero-order chi connectivity index (χ0) is 7.82. The van der Waals surface area contributed by atoms with E-state index in [0.29, 0.717) is 6.54 Å². The number of carbonyl (C=O) groups excluding carboxylic acids is 2. The molecule has 1 amide bonds. The second-order valence-electron chi connectivity index (χ2n) is 1.41. The van der Waals surface area contributed by atoms with Crippen LogP contribution in [-0.4, -0.2) is 26.0 Å². The summed E-state index contributed by atoms with van der Waals surface area (Å²) in [5.41, 5.74) is 0. The Labute approximate surface area is 58.9 Å². The molecule has 0 heterocycles. The van der Waals surface area contributed by atoms with Crippen LogP contribution in [0.3, 0.4) is 0 Å². The van der Waals surface area contributed by atoms with Crippen molar-refractivity contribution in [1.29, 1.82) is 0 Å². The minimum absolute atomic E-state index is 0.290. The minimum Gasteiger partial charge on any atom is -0.466 e. The molecule has 0 saturated heterocycles. The van der Waals surface area contributed by atoms with Crippen molar-refractivity contribution >= 4 is 12.4 Å². The monoisotopic (exact) mass is 142 g/mol. The van der Waals surface area contributed by atoms with Crippen LogP contribution in [0, 0.1) is 0 Å². The summed E-state index contributed by atoms with van der Waals surface area (Å²) < 4.78 is 4.28. The molecule has 55 valence electrons. The second kappa shape index (κ2) is 5.81. The highest BCUT2D eigenvalue weighted by Gasteiger charge is 1.87. The molecule has 0 unspecified atom stereocenters. The fourth-order valence-electron chi connectivity index (χ4n) is 0.324. The number of hydrogen-bond acceptors (Lipinski definition) is 3. The fraction of sp³-hybridized carbons (Fsp3) is 0.333. The molecule has 4 heteroatoms. The number of methoxy groups -OCH3 is 1. The Hall–Kier alpha value is -1.32. The van der Waals surface area contributed by atoms with Gasteiger partial charge < -0.3 is 10.1 Å². The van der Waals surface area contributed by atoms with E-state index in [-0.39, 0.29) is 0 Å². The molecule has 0 spiro atoms. The van der Waals surface area contributed by atoms with Crippen molar-refractivity contribution in [3.63, 3.8) is 0 Å². The van der Waals surface area contributed by atoms with E-state index in [0.717, 1.165) is 0 Å². The van der Waals surface area contributed by atoms with Crippen LogP contribution in [-0.2, 0) is 14.3 Å². The summed E-state index contributed by atoms with van der Waals surface area (Å²) in [7, 11) is 1.28. The van der Waals surface area contributed by atoms with Crippen LogP contribution in [0.2, 0.25) is 0 Å². The van der Waals surface area contributed by atoms with Crippen LogP contribution in [0.25, 0.3) is 0 Å². The van der Waals surface area contributed by atoms with E-state index in [2.05, 4.69) is 10.1 Å². The Bertz CT molecular complexity index is 142. The van der Waals surface area contributed by atoms with Crippen LogP contribution in [0.1, 0.15) is 0 Å². The van der Waals surface area contributed by atoms with Crippen molar-refractivity contribution in [1.82, 2.24) is 5.32 Å². The number of esters is 1. The minimum atomic E-state index is -0.437. The number of amides is 1. The van der Waals surface area contributed by atoms with Gasteiger partial charge in [0.25, 0.3) is 0 Å². The standard InChI is InChI=1S/C6H8NO3/c1-10-6(9)3-2-4-7-5-8/h2-3H,4H2,1H3,(H,7,8). The molecule has 0 rings (SSSR count). The molecule has 0 fully saturated rings. The molecular formula is C6H8NO3. The van der Waals surface area contributed by atoms with Crippen LogP contribution in [0.4, 0.5) is 0 Å². The second-order valence-corrected chi connectivity index (χ2v) is 1.41. The van der Waals surface area contributed by atoms with E-state index in [9.17, 15) is 9.59 Å². The van der Waals surface area contributed by atoms with Crippen LogP contribution < -0.4 is 5.32 Å². The highest BCUT2D eigenvalue weighted by atomic mass is 16.5.